The molecule has 2 aromatic rings. The Kier molecular flexibility index (Phi) is 4.05. The number of hydrogen-bond acceptors (Lipinski definition) is 6. The van der Waals surface area contributed by atoms with Crippen molar-refractivity contribution in [2.24, 2.45) is 0 Å². The molecule has 0 aliphatic heterocycles. The van der Waals surface area contributed by atoms with Crippen molar-refractivity contribution in [1.29, 1.82) is 0 Å². The number of rotatable bonds is 4. The fourth-order valence-electron chi connectivity index (χ4n) is 1.44. The molecule has 6 heteroatoms. The van der Waals surface area contributed by atoms with Gasteiger partial charge in [-0.15, -0.1) is 0 Å². The number of carbonyl (C=O) groups excluding carboxylic acids is 1. The van der Waals surface area contributed by atoms with E-state index < -0.39 is 11.4 Å². The van der Waals surface area contributed by atoms with Crippen molar-refractivity contribution in [2.75, 3.05) is 6.61 Å². The zero-order valence-corrected chi connectivity index (χ0v) is 10.7. The highest BCUT2D eigenvalue weighted by Gasteiger charge is 2.14. The number of phenolic OH excluding ortho intramolecular Hbond substituents is 1. The smallest absolute Gasteiger partial charge is 0.374 e. The van der Waals surface area contributed by atoms with E-state index in [0.717, 1.165) is 12.3 Å². The molecule has 0 bridgehead atoms. The summed E-state index contributed by atoms with van der Waals surface area (Å²) < 4.78 is 14.9. The van der Waals surface area contributed by atoms with E-state index in [9.17, 15) is 14.7 Å². The minimum Gasteiger partial charge on any atom is -0.504 e. The van der Waals surface area contributed by atoms with Crippen LogP contribution in [-0.2, 0) is 4.74 Å². The van der Waals surface area contributed by atoms with Gasteiger partial charge in [0.2, 0.25) is 16.9 Å². The third kappa shape index (κ3) is 2.97. The molecule has 1 aromatic carbocycles. The molecular weight excluding hydrogens is 264 g/mol. The van der Waals surface area contributed by atoms with Crippen LogP contribution in [0.3, 0.4) is 0 Å². The number of benzene rings is 1. The molecule has 0 fully saturated rings. The zero-order valence-electron chi connectivity index (χ0n) is 10.7. The van der Waals surface area contributed by atoms with Crippen LogP contribution in [0.5, 0.6) is 17.2 Å². The second kappa shape index (κ2) is 5.92. The molecule has 0 aliphatic rings. The molecule has 104 valence electrons. The summed E-state index contributed by atoms with van der Waals surface area (Å²) >= 11 is 0. The SMILES string of the molecule is CCOC(=O)c1cc(=O)c(Oc2ccccc2O)co1. The summed E-state index contributed by atoms with van der Waals surface area (Å²) in [6.45, 7) is 1.82. The van der Waals surface area contributed by atoms with E-state index in [1.54, 1.807) is 19.1 Å². The fraction of sp³-hybridized carbons (Fsp3) is 0.143. The molecule has 6 nitrogen and oxygen atoms in total. The first-order valence-electron chi connectivity index (χ1n) is 5.87. The van der Waals surface area contributed by atoms with Crippen LogP contribution in [0.4, 0.5) is 0 Å². The van der Waals surface area contributed by atoms with Crippen molar-refractivity contribution in [3.63, 3.8) is 0 Å². The molecule has 0 saturated heterocycles. The number of aromatic hydroxyl groups is 1. The number of phenols is 1. The first kappa shape index (κ1) is 13.7. The van der Waals surface area contributed by atoms with Gasteiger partial charge in [0, 0.05) is 6.07 Å². The van der Waals surface area contributed by atoms with Crippen LogP contribution in [0.15, 0.2) is 45.8 Å². The molecular formula is C14H12O6. The lowest BCUT2D eigenvalue weighted by Crippen LogP contribution is -2.10. The van der Waals surface area contributed by atoms with E-state index in [0.29, 0.717) is 0 Å². The highest BCUT2D eigenvalue weighted by molar-refractivity contribution is 5.86. The number of ether oxygens (including phenoxy) is 2. The summed E-state index contributed by atoms with van der Waals surface area (Å²) in [6.07, 6.45) is 1.00. The number of esters is 1. The van der Waals surface area contributed by atoms with Crippen LogP contribution in [-0.4, -0.2) is 17.7 Å². The number of para-hydroxylation sites is 2. The molecule has 0 amide bonds. The van der Waals surface area contributed by atoms with Gasteiger partial charge in [-0.05, 0) is 19.1 Å². The van der Waals surface area contributed by atoms with Gasteiger partial charge in [0.15, 0.2) is 11.5 Å². The summed E-state index contributed by atoms with van der Waals surface area (Å²) in [5.41, 5.74) is -0.553. The highest BCUT2D eigenvalue weighted by Crippen LogP contribution is 2.28. The standard InChI is InChI=1S/C14H12O6/c1-2-18-14(17)12-7-10(16)13(8-19-12)20-11-6-4-3-5-9(11)15/h3-8,15H,2H2,1H3. The summed E-state index contributed by atoms with van der Waals surface area (Å²) in [4.78, 5) is 23.2. The van der Waals surface area contributed by atoms with Crippen LogP contribution in [0.1, 0.15) is 17.5 Å². The van der Waals surface area contributed by atoms with E-state index in [1.807, 2.05) is 0 Å². The van der Waals surface area contributed by atoms with Gasteiger partial charge in [-0.1, -0.05) is 12.1 Å². The topological polar surface area (TPSA) is 86.0 Å². The third-order valence-electron chi connectivity index (χ3n) is 2.36. The van der Waals surface area contributed by atoms with Crippen LogP contribution < -0.4 is 10.2 Å². The lowest BCUT2D eigenvalue weighted by molar-refractivity contribution is 0.0486. The molecule has 1 N–H and O–H groups in total. The second-order valence-electron chi connectivity index (χ2n) is 3.76. The van der Waals surface area contributed by atoms with Crippen molar-refractivity contribution >= 4 is 5.97 Å². The molecule has 0 radical (unpaired) electrons. The Labute approximate surface area is 114 Å². The average molecular weight is 276 g/mol. The van der Waals surface area contributed by atoms with Crippen LogP contribution in [0, 0.1) is 0 Å². The number of hydrogen-bond donors (Lipinski definition) is 1. The van der Waals surface area contributed by atoms with E-state index in [4.69, 9.17) is 13.9 Å². The largest absolute Gasteiger partial charge is 0.504 e. The molecule has 1 aromatic heterocycles. The molecule has 2 rings (SSSR count). The van der Waals surface area contributed by atoms with Gasteiger partial charge in [0.25, 0.3) is 0 Å². The lowest BCUT2D eigenvalue weighted by Gasteiger charge is -2.06. The zero-order chi connectivity index (χ0) is 14.5. The normalized spacial score (nSPS) is 10.1. The Bertz CT molecular complexity index is 673. The third-order valence-corrected chi connectivity index (χ3v) is 2.36. The van der Waals surface area contributed by atoms with Gasteiger partial charge in [-0.2, -0.15) is 0 Å². The predicted molar refractivity (Wildman–Crippen MR) is 69.1 cm³/mol. The minimum absolute atomic E-state index is 0.110. The highest BCUT2D eigenvalue weighted by atomic mass is 16.5. The van der Waals surface area contributed by atoms with Crippen molar-refractivity contribution in [3.8, 4) is 17.2 Å². The lowest BCUT2D eigenvalue weighted by atomic mass is 10.3. The quantitative estimate of drug-likeness (QED) is 0.862. The Morgan fingerprint density at radius 2 is 2.05 bits per heavy atom. The maximum atomic E-state index is 11.8. The minimum atomic E-state index is -0.723. The van der Waals surface area contributed by atoms with Crippen LogP contribution >= 0.6 is 0 Å². The van der Waals surface area contributed by atoms with E-state index in [-0.39, 0.29) is 29.6 Å². The van der Waals surface area contributed by atoms with E-state index in [1.165, 1.54) is 12.1 Å². The first-order valence-corrected chi connectivity index (χ1v) is 5.87. The van der Waals surface area contributed by atoms with Gasteiger partial charge in [0.05, 0.1) is 6.61 Å². The van der Waals surface area contributed by atoms with Gasteiger partial charge in [-0.25, -0.2) is 4.79 Å². The van der Waals surface area contributed by atoms with Crippen LogP contribution in [0.25, 0.3) is 0 Å². The Balaban J connectivity index is 2.25. The Hall–Kier alpha value is -2.76. The van der Waals surface area contributed by atoms with Crippen molar-refractivity contribution in [2.45, 2.75) is 6.92 Å². The molecule has 0 unspecified atom stereocenters. The second-order valence-corrected chi connectivity index (χ2v) is 3.76. The Morgan fingerprint density at radius 1 is 1.30 bits per heavy atom. The summed E-state index contributed by atoms with van der Waals surface area (Å²) in [5, 5.41) is 9.54. The fourth-order valence-corrected chi connectivity index (χ4v) is 1.44. The Morgan fingerprint density at radius 3 is 2.70 bits per heavy atom. The maximum Gasteiger partial charge on any atom is 0.374 e. The van der Waals surface area contributed by atoms with Gasteiger partial charge in [0.1, 0.15) is 6.26 Å². The predicted octanol–water partition coefficient (Wildman–Crippen LogP) is 2.31. The van der Waals surface area contributed by atoms with Gasteiger partial charge >= 0.3 is 5.97 Å². The van der Waals surface area contributed by atoms with Gasteiger partial charge < -0.3 is 19.0 Å². The van der Waals surface area contributed by atoms with Gasteiger partial charge in [-0.3, -0.25) is 4.79 Å². The van der Waals surface area contributed by atoms with Crippen LogP contribution in [0.2, 0.25) is 0 Å². The molecule has 1 heterocycles. The van der Waals surface area contributed by atoms with E-state index >= 15 is 0 Å². The van der Waals surface area contributed by atoms with E-state index in [2.05, 4.69) is 0 Å². The molecule has 0 atom stereocenters. The number of carbonyl (C=O) groups is 1. The summed E-state index contributed by atoms with van der Waals surface area (Å²) in [7, 11) is 0. The first-order chi connectivity index (χ1) is 9.61. The van der Waals surface area contributed by atoms with Crippen molar-refractivity contribution in [1.82, 2.24) is 0 Å². The molecule has 0 spiro atoms. The monoisotopic (exact) mass is 276 g/mol. The summed E-state index contributed by atoms with van der Waals surface area (Å²) in [6, 6.07) is 7.16. The maximum absolute atomic E-state index is 11.8. The van der Waals surface area contributed by atoms with Crippen molar-refractivity contribution in [3.05, 3.63) is 52.6 Å². The van der Waals surface area contributed by atoms with Crippen molar-refractivity contribution < 1.29 is 23.8 Å². The average Bonchev–Trinajstić information content (AvgIpc) is 2.43. The molecule has 0 saturated carbocycles. The molecule has 0 aliphatic carbocycles. The summed E-state index contributed by atoms with van der Waals surface area (Å²) in [5.74, 6) is -1.07. The molecule has 20 heavy (non-hydrogen) atoms.